The van der Waals surface area contributed by atoms with Crippen molar-refractivity contribution in [1.29, 1.82) is 0 Å². The topological polar surface area (TPSA) is 116 Å². The summed E-state index contributed by atoms with van der Waals surface area (Å²) in [5.41, 5.74) is 0. The number of benzene rings is 1. The smallest absolute Gasteiger partial charge is 0.321 e. The maximum absolute atomic E-state index is 12.7. The van der Waals surface area contributed by atoms with Crippen molar-refractivity contribution in [3.8, 4) is 17.5 Å². The van der Waals surface area contributed by atoms with Crippen molar-refractivity contribution in [3.63, 3.8) is 0 Å². The van der Waals surface area contributed by atoms with Crippen LogP contribution in [0, 0.1) is 0 Å². The van der Waals surface area contributed by atoms with Crippen molar-refractivity contribution in [3.05, 3.63) is 24.0 Å². The Balaban J connectivity index is 1.52. The highest BCUT2D eigenvalue weighted by molar-refractivity contribution is 7.89. The lowest BCUT2D eigenvalue weighted by Gasteiger charge is -2.19. The zero-order valence-corrected chi connectivity index (χ0v) is 16.2. The van der Waals surface area contributed by atoms with Crippen molar-refractivity contribution in [2.45, 2.75) is 24.3 Å². The molecular weight excluding hydrogens is 386 g/mol. The lowest BCUT2D eigenvalue weighted by atomic mass is 10.3. The molecule has 0 unspecified atom stereocenters. The second kappa shape index (κ2) is 7.76. The van der Waals surface area contributed by atoms with E-state index in [0.29, 0.717) is 30.7 Å². The Kier molecular flexibility index (Phi) is 5.18. The highest BCUT2D eigenvalue weighted by Crippen LogP contribution is 2.32. The molecule has 1 N–H and O–H groups in total. The number of methoxy groups -OCH3 is 1. The first kappa shape index (κ1) is 18.7. The fourth-order valence-corrected chi connectivity index (χ4v) is 4.04. The van der Waals surface area contributed by atoms with E-state index in [2.05, 4.69) is 19.7 Å². The van der Waals surface area contributed by atoms with E-state index >= 15 is 0 Å². The summed E-state index contributed by atoms with van der Waals surface area (Å²) in [6.07, 6.45) is 2.14. The summed E-state index contributed by atoms with van der Waals surface area (Å²) in [4.78, 5) is 14.9. The normalized spacial score (nSPS) is 16.2. The predicted molar refractivity (Wildman–Crippen MR) is 99.3 cm³/mol. The van der Waals surface area contributed by atoms with Gasteiger partial charge in [0.2, 0.25) is 16.0 Å². The molecule has 10 nitrogen and oxygen atoms in total. The molecule has 28 heavy (non-hydrogen) atoms. The molecule has 0 spiro atoms. The van der Waals surface area contributed by atoms with Gasteiger partial charge in [0.05, 0.1) is 18.6 Å². The van der Waals surface area contributed by atoms with E-state index in [1.165, 1.54) is 19.2 Å². The molecule has 1 aromatic heterocycles. The zero-order valence-electron chi connectivity index (χ0n) is 15.4. The van der Waals surface area contributed by atoms with Crippen LogP contribution in [0.4, 0.5) is 5.95 Å². The monoisotopic (exact) mass is 407 g/mol. The van der Waals surface area contributed by atoms with Gasteiger partial charge in [-0.1, -0.05) is 0 Å². The summed E-state index contributed by atoms with van der Waals surface area (Å²) < 4.78 is 43.9. The van der Waals surface area contributed by atoms with Gasteiger partial charge in [-0.05, 0) is 25.0 Å². The van der Waals surface area contributed by atoms with Gasteiger partial charge in [0.15, 0.2) is 17.3 Å². The van der Waals surface area contributed by atoms with E-state index in [1.54, 1.807) is 6.07 Å². The molecule has 0 atom stereocenters. The number of fused-ring (bicyclic) bond motifs is 1. The van der Waals surface area contributed by atoms with Gasteiger partial charge >= 0.3 is 6.01 Å². The lowest BCUT2D eigenvalue weighted by molar-refractivity contribution is 0.171. The number of nitrogens with zero attached hydrogens (tertiary/aromatic N) is 4. The summed E-state index contributed by atoms with van der Waals surface area (Å²) in [7, 11) is -2.32. The molecule has 150 valence electrons. The van der Waals surface area contributed by atoms with Crippen molar-refractivity contribution in [1.82, 2.24) is 19.7 Å². The molecule has 2 aliphatic heterocycles. The third-order valence-electron chi connectivity index (χ3n) is 4.47. The molecule has 0 bridgehead atoms. The zero-order chi connectivity index (χ0) is 19.6. The summed E-state index contributed by atoms with van der Waals surface area (Å²) in [5.74, 6) is 1.72. The van der Waals surface area contributed by atoms with E-state index in [9.17, 15) is 8.42 Å². The minimum absolute atomic E-state index is 0.0811. The number of hydrogen-bond donors (Lipinski definition) is 1. The van der Waals surface area contributed by atoms with Gasteiger partial charge in [-0.25, -0.2) is 13.1 Å². The van der Waals surface area contributed by atoms with Gasteiger partial charge in [0, 0.05) is 19.2 Å². The van der Waals surface area contributed by atoms with Crippen LogP contribution in [-0.2, 0) is 16.6 Å². The molecule has 2 aliphatic rings. The van der Waals surface area contributed by atoms with Gasteiger partial charge in [0.1, 0.15) is 13.2 Å². The van der Waals surface area contributed by atoms with Crippen LogP contribution in [0.25, 0.3) is 0 Å². The van der Waals surface area contributed by atoms with Crippen LogP contribution in [0.1, 0.15) is 18.7 Å². The molecule has 0 aliphatic carbocycles. The van der Waals surface area contributed by atoms with Crippen LogP contribution in [0.15, 0.2) is 23.1 Å². The first-order chi connectivity index (χ1) is 13.5. The molecule has 0 radical (unpaired) electrons. The molecule has 11 heteroatoms. The molecule has 2 aromatic rings. The first-order valence-electron chi connectivity index (χ1n) is 8.98. The van der Waals surface area contributed by atoms with E-state index < -0.39 is 10.0 Å². The predicted octanol–water partition coefficient (Wildman–Crippen LogP) is 0.730. The van der Waals surface area contributed by atoms with Gasteiger partial charge < -0.3 is 19.1 Å². The largest absolute Gasteiger partial charge is 0.486 e. The first-order valence-corrected chi connectivity index (χ1v) is 10.5. The van der Waals surface area contributed by atoms with Crippen LogP contribution in [0.5, 0.6) is 17.5 Å². The molecule has 1 fully saturated rings. The molecule has 0 saturated carbocycles. The van der Waals surface area contributed by atoms with E-state index in [-0.39, 0.29) is 23.3 Å². The molecule has 3 heterocycles. The van der Waals surface area contributed by atoms with Gasteiger partial charge in [-0.15, -0.1) is 0 Å². The quantitative estimate of drug-likeness (QED) is 0.740. The Morgan fingerprint density at radius 2 is 1.86 bits per heavy atom. The van der Waals surface area contributed by atoms with Crippen molar-refractivity contribution >= 4 is 16.0 Å². The van der Waals surface area contributed by atoms with E-state index in [1.807, 2.05) is 4.90 Å². The number of sulfonamides is 1. The van der Waals surface area contributed by atoms with Crippen molar-refractivity contribution in [2.75, 3.05) is 38.3 Å². The third kappa shape index (κ3) is 3.94. The Labute approximate surface area is 162 Å². The van der Waals surface area contributed by atoms with E-state index in [0.717, 1.165) is 25.9 Å². The number of anilines is 1. The van der Waals surface area contributed by atoms with Crippen molar-refractivity contribution < 1.29 is 22.6 Å². The standard InChI is InChI=1S/C17H21N5O5S/c1-25-17-20-15(19-16(21-17)22-6-2-3-7-22)11-18-28(23,24)12-4-5-13-14(10-12)27-9-8-26-13/h4-5,10,18H,2-3,6-9,11H2,1H3. The van der Waals surface area contributed by atoms with Crippen LogP contribution in [0.3, 0.4) is 0 Å². The Morgan fingerprint density at radius 1 is 1.11 bits per heavy atom. The Morgan fingerprint density at radius 3 is 2.61 bits per heavy atom. The summed E-state index contributed by atoms with van der Waals surface area (Å²) in [5, 5.41) is 0. The highest BCUT2D eigenvalue weighted by Gasteiger charge is 2.21. The minimum atomic E-state index is -3.78. The number of rotatable bonds is 6. The maximum Gasteiger partial charge on any atom is 0.321 e. The number of hydrogen-bond acceptors (Lipinski definition) is 9. The van der Waals surface area contributed by atoms with Crippen molar-refractivity contribution in [2.24, 2.45) is 0 Å². The summed E-state index contributed by atoms with van der Waals surface area (Å²) in [6.45, 7) is 2.45. The fourth-order valence-electron chi connectivity index (χ4n) is 3.05. The van der Waals surface area contributed by atoms with Crippen LogP contribution < -0.4 is 23.8 Å². The molecule has 1 saturated heterocycles. The number of nitrogens with one attached hydrogen (secondary N) is 1. The Bertz CT molecular complexity index is 962. The Hall–Kier alpha value is -2.66. The maximum atomic E-state index is 12.7. The SMILES string of the molecule is COc1nc(CNS(=O)(=O)c2ccc3c(c2)OCCO3)nc(N2CCCC2)n1. The molecular formula is C17H21N5O5S. The van der Waals surface area contributed by atoms with Gasteiger partial charge in [-0.2, -0.15) is 15.0 Å². The summed E-state index contributed by atoms with van der Waals surface area (Å²) >= 11 is 0. The van der Waals surface area contributed by atoms with Gasteiger partial charge in [0.25, 0.3) is 0 Å². The van der Waals surface area contributed by atoms with Gasteiger partial charge in [-0.3, -0.25) is 0 Å². The highest BCUT2D eigenvalue weighted by atomic mass is 32.2. The average molecular weight is 407 g/mol. The third-order valence-corrected chi connectivity index (χ3v) is 5.86. The summed E-state index contributed by atoms with van der Waals surface area (Å²) in [6, 6.07) is 4.66. The second-order valence-corrected chi connectivity index (χ2v) is 8.13. The minimum Gasteiger partial charge on any atom is -0.486 e. The molecule has 4 rings (SSSR count). The van der Waals surface area contributed by atoms with Crippen LogP contribution >= 0.6 is 0 Å². The fraction of sp³-hybridized carbons (Fsp3) is 0.471. The van der Waals surface area contributed by atoms with Crippen LogP contribution in [-0.4, -0.2) is 56.8 Å². The number of aromatic nitrogens is 3. The van der Waals surface area contributed by atoms with Crippen LogP contribution in [0.2, 0.25) is 0 Å². The lowest BCUT2D eigenvalue weighted by Crippen LogP contribution is -2.26. The van der Waals surface area contributed by atoms with E-state index in [4.69, 9.17) is 14.2 Å². The second-order valence-electron chi connectivity index (χ2n) is 6.36. The number of ether oxygens (including phenoxy) is 3. The molecule has 0 amide bonds. The average Bonchev–Trinajstić information content (AvgIpc) is 3.27. The molecule has 1 aromatic carbocycles.